The number of hydrogen-bond donors (Lipinski definition) is 1. The first-order valence-corrected chi connectivity index (χ1v) is 8.25. The Morgan fingerprint density at radius 1 is 1.05 bits per heavy atom. The molecule has 0 bridgehead atoms. The molecule has 2 saturated carbocycles. The fourth-order valence-electron chi connectivity index (χ4n) is 4.34. The lowest BCUT2D eigenvalue weighted by atomic mass is 9.66. The van der Waals surface area contributed by atoms with E-state index in [1.807, 2.05) is 0 Å². The van der Waals surface area contributed by atoms with Crippen LogP contribution in [-0.4, -0.2) is 11.2 Å². The lowest BCUT2D eigenvalue weighted by molar-refractivity contribution is 0.0356. The molecule has 1 N–H and O–H groups in total. The first-order valence-electron chi connectivity index (χ1n) is 8.25. The Bertz CT molecular complexity index is 488. The van der Waals surface area contributed by atoms with Crippen LogP contribution in [0.4, 0.5) is 8.78 Å². The van der Waals surface area contributed by atoms with Crippen molar-refractivity contribution < 1.29 is 13.9 Å². The quantitative estimate of drug-likeness (QED) is 0.871. The van der Waals surface area contributed by atoms with E-state index in [9.17, 15) is 13.9 Å². The first kappa shape index (κ1) is 15.0. The molecule has 1 aromatic carbocycles. The molecule has 0 saturated heterocycles. The maximum Gasteiger partial charge on any atom is 0.129 e. The molecule has 21 heavy (non-hydrogen) atoms. The van der Waals surface area contributed by atoms with Gasteiger partial charge in [0.25, 0.3) is 0 Å². The van der Waals surface area contributed by atoms with Gasteiger partial charge in [-0.3, -0.25) is 0 Å². The SMILES string of the molecule is OC(Cc1ccc(F)cc1F)C1CCC2CCCCC2C1. The largest absolute Gasteiger partial charge is 0.392 e. The Morgan fingerprint density at radius 2 is 1.81 bits per heavy atom. The molecule has 1 aromatic rings. The van der Waals surface area contributed by atoms with E-state index in [2.05, 4.69) is 0 Å². The van der Waals surface area contributed by atoms with Crippen molar-refractivity contribution in [2.24, 2.45) is 17.8 Å². The molecule has 4 unspecified atom stereocenters. The summed E-state index contributed by atoms with van der Waals surface area (Å²) in [5.74, 6) is 0.776. The van der Waals surface area contributed by atoms with Crippen molar-refractivity contribution in [3.8, 4) is 0 Å². The van der Waals surface area contributed by atoms with Crippen molar-refractivity contribution in [3.05, 3.63) is 35.4 Å². The molecular weight excluding hydrogens is 270 g/mol. The average molecular weight is 294 g/mol. The molecule has 0 radical (unpaired) electrons. The third-order valence-electron chi connectivity index (χ3n) is 5.57. The highest BCUT2D eigenvalue weighted by Crippen LogP contribution is 2.43. The Hall–Kier alpha value is -0.960. The Kier molecular flexibility index (Phi) is 4.58. The second-order valence-electron chi connectivity index (χ2n) is 6.88. The molecule has 2 aliphatic rings. The molecule has 116 valence electrons. The normalized spacial score (nSPS) is 30.7. The molecule has 3 rings (SSSR count). The molecule has 0 spiro atoms. The summed E-state index contributed by atoms with van der Waals surface area (Å²) < 4.78 is 26.6. The second-order valence-corrected chi connectivity index (χ2v) is 6.88. The maximum absolute atomic E-state index is 13.7. The summed E-state index contributed by atoms with van der Waals surface area (Å²) in [7, 11) is 0. The van der Waals surface area contributed by atoms with Crippen LogP contribution < -0.4 is 0 Å². The van der Waals surface area contributed by atoms with Gasteiger partial charge in [-0.2, -0.15) is 0 Å². The highest BCUT2D eigenvalue weighted by molar-refractivity contribution is 5.19. The minimum atomic E-state index is -0.562. The molecular formula is C18H24F2O. The van der Waals surface area contributed by atoms with Crippen LogP contribution in [-0.2, 0) is 6.42 Å². The van der Waals surface area contributed by atoms with Gasteiger partial charge in [-0.1, -0.05) is 31.7 Å². The van der Waals surface area contributed by atoms with Crippen LogP contribution >= 0.6 is 0 Å². The molecule has 0 aliphatic heterocycles. The van der Waals surface area contributed by atoms with E-state index in [-0.39, 0.29) is 5.92 Å². The maximum atomic E-state index is 13.7. The lowest BCUT2D eigenvalue weighted by Gasteiger charge is -2.40. The van der Waals surface area contributed by atoms with Gasteiger partial charge in [-0.05, 0) is 48.6 Å². The van der Waals surface area contributed by atoms with E-state index < -0.39 is 17.7 Å². The van der Waals surface area contributed by atoms with Crippen LogP contribution in [0.2, 0.25) is 0 Å². The highest BCUT2D eigenvalue weighted by atomic mass is 19.1. The van der Waals surface area contributed by atoms with Crippen molar-refractivity contribution in [3.63, 3.8) is 0 Å². The fourth-order valence-corrected chi connectivity index (χ4v) is 4.34. The first-order chi connectivity index (χ1) is 10.1. The second kappa shape index (κ2) is 6.43. The van der Waals surface area contributed by atoms with E-state index >= 15 is 0 Å². The zero-order valence-electron chi connectivity index (χ0n) is 12.4. The zero-order chi connectivity index (χ0) is 14.8. The summed E-state index contributed by atoms with van der Waals surface area (Å²) in [4.78, 5) is 0. The predicted molar refractivity (Wildman–Crippen MR) is 78.9 cm³/mol. The monoisotopic (exact) mass is 294 g/mol. The van der Waals surface area contributed by atoms with Gasteiger partial charge in [0.2, 0.25) is 0 Å². The summed E-state index contributed by atoms with van der Waals surface area (Å²) in [6.45, 7) is 0. The number of rotatable bonds is 3. The molecule has 0 aromatic heterocycles. The molecule has 3 heteroatoms. The van der Waals surface area contributed by atoms with Gasteiger partial charge < -0.3 is 5.11 Å². The molecule has 0 amide bonds. The number of halogens is 2. The summed E-state index contributed by atoms with van der Waals surface area (Å²) >= 11 is 0. The Morgan fingerprint density at radius 3 is 2.57 bits per heavy atom. The lowest BCUT2D eigenvalue weighted by Crippen LogP contribution is -2.34. The number of aliphatic hydroxyl groups excluding tert-OH is 1. The number of fused-ring (bicyclic) bond motifs is 1. The van der Waals surface area contributed by atoms with E-state index in [1.165, 1.54) is 44.2 Å². The number of benzene rings is 1. The third-order valence-corrected chi connectivity index (χ3v) is 5.57. The molecule has 2 aliphatic carbocycles. The average Bonchev–Trinajstić information content (AvgIpc) is 2.49. The van der Waals surface area contributed by atoms with Crippen LogP contribution in [0.5, 0.6) is 0 Å². The van der Waals surface area contributed by atoms with Crippen LogP contribution in [0.15, 0.2) is 18.2 Å². The van der Waals surface area contributed by atoms with Crippen molar-refractivity contribution in [2.45, 2.75) is 57.5 Å². The number of hydrogen-bond acceptors (Lipinski definition) is 1. The van der Waals surface area contributed by atoms with Crippen molar-refractivity contribution in [1.82, 2.24) is 0 Å². The summed E-state index contributed by atoms with van der Waals surface area (Å²) in [5.41, 5.74) is 0.426. The molecule has 4 atom stereocenters. The fraction of sp³-hybridized carbons (Fsp3) is 0.667. The van der Waals surface area contributed by atoms with Gasteiger partial charge in [0.1, 0.15) is 11.6 Å². The Labute approximate surface area is 125 Å². The van der Waals surface area contributed by atoms with E-state index in [0.29, 0.717) is 12.0 Å². The summed E-state index contributed by atoms with van der Waals surface area (Å²) in [6, 6.07) is 3.63. The van der Waals surface area contributed by atoms with Gasteiger partial charge in [0, 0.05) is 12.5 Å². The van der Waals surface area contributed by atoms with E-state index in [1.54, 1.807) is 0 Å². The van der Waals surface area contributed by atoms with E-state index in [4.69, 9.17) is 0 Å². The molecule has 1 nitrogen and oxygen atoms in total. The highest BCUT2D eigenvalue weighted by Gasteiger charge is 2.35. The summed E-state index contributed by atoms with van der Waals surface area (Å²) in [6.07, 6.45) is 8.43. The van der Waals surface area contributed by atoms with Crippen LogP contribution in [0, 0.1) is 29.4 Å². The molecule has 0 heterocycles. The van der Waals surface area contributed by atoms with Crippen LogP contribution in [0.1, 0.15) is 50.5 Å². The van der Waals surface area contributed by atoms with Gasteiger partial charge in [0.05, 0.1) is 6.10 Å². The van der Waals surface area contributed by atoms with Gasteiger partial charge in [-0.15, -0.1) is 0 Å². The smallest absolute Gasteiger partial charge is 0.129 e. The predicted octanol–water partition coefficient (Wildman–Crippen LogP) is 4.47. The minimum Gasteiger partial charge on any atom is -0.392 e. The third kappa shape index (κ3) is 3.45. The minimum absolute atomic E-state index is 0.272. The summed E-state index contributed by atoms with van der Waals surface area (Å²) in [5, 5.41) is 10.5. The van der Waals surface area contributed by atoms with Gasteiger partial charge in [-0.25, -0.2) is 8.78 Å². The van der Waals surface area contributed by atoms with Crippen molar-refractivity contribution in [1.29, 1.82) is 0 Å². The standard InChI is InChI=1S/C18H24F2O/c19-16-8-7-14(17(20)11-16)10-18(21)15-6-5-12-3-1-2-4-13(12)9-15/h7-8,11-13,15,18,21H,1-6,9-10H2. The zero-order valence-corrected chi connectivity index (χ0v) is 12.4. The van der Waals surface area contributed by atoms with Crippen LogP contribution in [0.3, 0.4) is 0 Å². The number of aliphatic hydroxyl groups is 1. The van der Waals surface area contributed by atoms with Crippen LogP contribution in [0.25, 0.3) is 0 Å². The Balaban J connectivity index is 1.61. The van der Waals surface area contributed by atoms with Gasteiger partial charge >= 0.3 is 0 Å². The van der Waals surface area contributed by atoms with Gasteiger partial charge in [0.15, 0.2) is 0 Å². The topological polar surface area (TPSA) is 20.2 Å². The van der Waals surface area contributed by atoms with Crippen molar-refractivity contribution in [2.75, 3.05) is 0 Å². The molecule has 2 fully saturated rings. The van der Waals surface area contributed by atoms with E-state index in [0.717, 1.165) is 30.7 Å². The van der Waals surface area contributed by atoms with Crippen molar-refractivity contribution >= 4 is 0 Å².